The van der Waals surface area contributed by atoms with Crippen molar-refractivity contribution in [2.45, 2.75) is 18.3 Å². The third-order valence-corrected chi connectivity index (χ3v) is 4.17. The summed E-state index contributed by atoms with van der Waals surface area (Å²) in [7, 11) is 1.85. The normalized spacial score (nSPS) is 22.2. The average Bonchev–Trinajstić information content (AvgIpc) is 2.85. The fourth-order valence-corrected chi connectivity index (χ4v) is 3.11. The maximum atomic E-state index is 12.4. The van der Waals surface area contributed by atoms with Gasteiger partial charge >= 0.3 is 0 Å². The molecule has 108 valence electrons. The quantitative estimate of drug-likeness (QED) is 0.863. The smallest absolute Gasteiger partial charge is 0.234 e. The van der Waals surface area contributed by atoms with E-state index in [-0.39, 0.29) is 24.2 Å². The molecule has 1 aromatic heterocycles. The SMILES string of the molecule is Cn1cncc1C1CC(=O)NC(=O)C1c1ccccc1Cl. The van der Waals surface area contributed by atoms with Gasteiger partial charge in [0.05, 0.1) is 12.2 Å². The van der Waals surface area contributed by atoms with E-state index in [0.29, 0.717) is 5.02 Å². The van der Waals surface area contributed by atoms with Gasteiger partial charge in [0.2, 0.25) is 11.8 Å². The van der Waals surface area contributed by atoms with Crippen molar-refractivity contribution >= 4 is 23.4 Å². The van der Waals surface area contributed by atoms with Gasteiger partial charge in [-0.1, -0.05) is 29.8 Å². The largest absolute Gasteiger partial charge is 0.337 e. The molecule has 2 heterocycles. The fourth-order valence-electron chi connectivity index (χ4n) is 2.85. The van der Waals surface area contributed by atoms with E-state index in [1.807, 2.05) is 29.8 Å². The van der Waals surface area contributed by atoms with Gasteiger partial charge in [-0.2, -0.15) is 0 Å². The van der Waals surface area contributed by atoms with Crippen molar-refractivity contribution in [3.8, 4) is 0 Å². The number of piperidine rings is 1. The van der Waals surface area contributed by atoms with Gasteiger partial charge < -0.3 is 4.57 Å². The summed E-state index contributed by atoms with van der Waals surface area (Å²) in [4.78, 5) is 28.2. The number of nitrogens with one attached hydrogen (secondary N) is 1. The zero-order valence-corrected chi connectivity index (χ0v) is 12.2. The molecule has 5 nitrogen and oxygen atoms in total. The lowest BCUT2D eigenvalue weighted by molar-refractivity contribution is -0.135. The molecule has 6 heteroatoms. The van der Waals surface area contributed by atoms with Crippen LogP contribution in [0.25, 0.3) is 0 Å². The van der Waals surface area contributed by atoms with E-state index in [1.54, 1.807) is 18.6 Å². The number of aryl methyl sites for hydroxylation is 1. The molecule has 1 aliphatic rings. The molecule has 0 saturated carbocycles. The molecule has 1 fully saturated rings. The van der Waals surface area contributed by atoms with Crippen LogP contribution in [0.1, 0.15) is 29.5 Å². The van der Waals surface area contributed by atoms with Gasteiger partial charge in [0.15, 0.2) is 0 Å². The number of amides is 2. The Hall–Kier alpha value is -2.14. The van der Waals surface area contributed by atoms with Crippen molar-refractivity contribution in [2.75, 3.05) is 0 Å². The van der Waals surface area contributed by atoms with Gasteiger partial charge in [-0.15, -0.1) is 0 Å². The van der Waals surface area contributed by atoms with Crippen LogP contribution in [-0.4, -0.2) is 21.4 Å². The highest BCUT2D eigenvalue weighted by Crippen LogP contribution is 2.40. The average molecular weight is 304 g/mol. The number of nitrogens with zero attached hydrogens (tertiary/aromatic N) is 2. The summed E-state index contributed by atoms with van der Waals surface area (Å²) in [6.45, 7) is 0. The second-order valence-corrected chi connectivity index (χ2v) is 5.56. The van der Waals surface area contributed by atoms with E-state index in [9.17, 15) is 9.59 Å². The number of halogens is 1. The van der Waals surface area contributed by atoms with Crippen LogP contribution in [-0.2, 0) is 16.6 Å². The minimum atomic E-state index is -0.494. The number of hydrogen-bond acceptors (Lipinski definition) is 3. The van der Waals surface area contributed by atoms with Crippen LogP contribution in [0, 0.1) is 0 Å². The molecule has 2 aromatic rings. The molecule has 0 spiro atoms. The zero-order valence-electron chi connectivity index (χ0n) is 11.4. The third kappa shape index (κ3) is 2.45. The Morgan fingerprint density at radius 1 is 1.33 bits per heavy atom. The van der Waals surface area contributed by atoms with E-state index < -0.39 is 5.92 Å². The highest BCUT2D eigenvalue weighted by Gasteiger charge is 2.39. The number of rotatable bonds is 2. The number of imide groups is 1. The maximum absolute atomic E-state index is 12.4. The molecule has 2 atom stereocenters. The van der Waals surface area contributed by atoms with E-state index in [1.165, 1.54) is 0 Å². The first-order valence-electron chi connectivity index (χ1n) is 6.62. The van der Waals surface area contributed by atoms with Crippen molar-refractivity contribution in [2.24, 2.45) is 7.05 Å². The number of imidazole rings is 1. The molecule has 1 saturated heterocycles. The molecular weight excluding hydrogens is 290 g/mol. The summed E-state index contributed by atoms with van der Waals surface area (Å²) in [5, 5.41) is 2.93. The Morgan fingerprint density at radius 2 is 2.10 bits per heavy atom. The molecule has 1 aliphatic heterocycles. The summed E-state index contributed by atoms with van der Waals surface area (Å²) >= 11 is 6.24. The summed E-state index contributed by atoms with van der Waals surface area (Å²) in [5.41, 5.74) is 1.58. The summed E-state index contributed by atoms with van der Waals surface area (Å²) in [6.07, 6.45) is 3.59. The fraction of sp³-hybridized carbons (Fsp3) is 0.267. The first kappa shape index (κ1) is 13.8. The maximum Gasteiger partial charge on any atom is 0.234 e. The molecule has 21 heavy (non-hydrogen) atoms. The first-order chi connectivity index (χ1) is 10.1. The van der Waals surface area contributed by atoms with Gasteiger partial charge in [-0.05, 0) is 11.6 Å². The lowest BCUT2D eigenvalue weighted by atomic mass is 9.78. The molecule has 0 radical (unpaired) electrons. The standard InChI is InChI=1S/C15H14ClN3O2/c1-19-8-17-7-12(19)10-6-13(20)18-15(21)14(10)9-4-2-3-5-11(9)16/h2-5,7-8,10,14H,6H2,1H3,(H,18,20,21). The molecule has 3 rings (SSSR count). The van der Waals surface area contributed by atoms with Crippen LogP contribution >= 0.6 is 11.6 Å². The number of carbonyl (C=O) groups excluding carboxylic acids is 2. The Labute approximate surface area is 126 Å². The van der Waals surface area contributed by atoms with Gasteiger partial charge in [-0.3, -0.25) is 14.9 Å². The minimum Gasteiger partial charge on any atom is -0.337 e. The van der Waals surface area contributed by atoms with Gasteiger partial charge in [0, 0.05) is 36.3 Å². The van der Waals surface area contributed by atoms with Crippen molar-refractivity contribution in [1.82, 2.24) is 14.9 Å². The predicted molar refractivity (Wildman–Crippen MR) is 77.9 cm³/mol. The van der Waals surface area contributed by atoms with E-state index in [2.05, 4.69) is 10.3 Å². The van der Waals surface area contributed by atoms with Crippen LogP contribution in [0.4, 0.5) is 0 Å². The van der Waals surface area contributed by atoms with Crippen molar-refractivity contribution in [3.05, 3.63) is 53.1 Å². The topological polar surface area (TPSA) is 64.0 Å². The lowest BCUT2D eigenvalue weighted by Gasteiger charge is -2.31. The first-order valence-corrected chi connectivity index (χ1v) is 7.00. The number of hydrogen-bond donors (Lipinski definition) is 1. The molecule has 1 N–H and O–H groups in total. The van der Waals surface area contributed by atoms with Gasteiger partial charge in [-0.25, -0.2) is 4.98 Å². The van der Waals surface area contributed by atoms with E-state index in [0.717, 1.165) is 11.3 Å². The monoisotopic (exact) mass is 303 g/mol. The molecule has 2 unspecified atom stereocenters. The number of benzene rings is 1. The lowest BCUT2D eigenvalue weighted by Crippen LogP contribution is -2.44. The molecule has 1 aromatic carbocycles. The Bertz CT molecular complexity index is 710. The van der Waals surface area contributed by atoms with Gasteiger partial charge in [0.25, 0.3) is 0 Å². The van der Waals surface area contributed by atoms with Crippen LogP contribution in [0.3, 0.4) is 0 Å². The van der Waals surface area contributed by atoms with Crippen LogP contribution < -0.4 is 5.32 Å². The van der Waals surface area contributed by atoms with Crippen LogP contribution in [0.5, 0.6) is 0 Å². The summed E-state index contributed by atoms with van der Waals surface area (Å²) in [6, 6.07) is 7.23. The summed E-state index contributed by atoms with van der Waals surface area (Å²) < 4.78 is 1.83. The highest BCUT2D eigenvalue weighted by atomic mass is 35.5. The highest BCUT2D eigenvalue weighted by molar-refractivity contribution is 6.31. The summed E-state index contributed by atoms with van der Waals surface area (Å²) in [5.74, 6) is -1.34. The molecule has 2 amide bonds. The van der Waals surface area contributed by atoms with Crippen molar-refractivity contribution in [3.63, 3.8) is 0 Å². The van der Waals surface area contributed by atoms with Crippen molar-refractivity contribution < 1.29 is 9.59 Å². The minimum absolute atomic E-state index is 0.237. The van der Waals surface area contributed by atoms with Crippen molar-refractivity contribution in [1.29, 1.82) is 0 Å². The molecular formula is C15H14ClN3O2. The Balaban J connectivity index is 2.10. The number of carbonyl (C=O) groups is 2. The second kappa shape index (κ2) is 5.33. The zero-order chi connectivity index (χ0) is 15.0. The molecule has 0 aliphatic carbocycles. The van der Waals surface area contributed by atoms with Crippen LogP contribution in [0.15, 0.2) is 36.8 Å². The molecule has 0 bridgehead atoms. The number of aromatic nitrogens is 2. The second-order valence-electron chi connectivity index (χ2n) is 5.15. The Morgan fingerprint density at radius 3 is 2.76 bits per heavy atom. The van der Waals surface area contributed by atoms with E-state index >= 15 is 0 Å². The van der Waals surface area contributed by atoms with E-state index in [4.69, 9.17) is 11.6 Å². The van der Waals surface area contributed by atoms with Crippen LogP contribution in [0.2, 0.25) is 5.02 Å². The van der Waals surface area contributed by atoms with Gasteiger partial charge in [0.1, 0.15) is 0 Å². The predicted octanol–water partition coefficient (Wildman–Crippen LogP) is 1.99. The third-order valence-electron chi connectivity index (χ3n) is 3.83. The Kier molecular flexibility index (Phi) is 3.51.